The van der Waals surface area contributed by atoms with E-state index in [2.05, 4.69) is 18.3 Å². The zero-order valence-corrected chi connectivity index (χ0v) is 10.9. The molecule has 1 N–H and O–H groups in total. The first kappa shape index (κ1) is 13.2. The third kappa shape index (κ3) is 3.94. The van der Waals surface area contributed by atoms with E-state index in [0.29, 0.717) is 5.75 Å². The number of hydrogen-bond acceptors (Lipinski definition) is 3. The highest BCUT2D eigenvalue weighted by Crippen LogP contribution is 2.21. The van der Waals surface area contributed by atoms with Crippen LogP contribution in [0.2, 0.25) is 0 Å². The summed E-state index contributed by atoms with van der Waals surface area (Å²) in [6.45, 7) is 3.86. The molecular weight excluding hydrogens is 222 g/mol. The third-order valence-electron chi connectivity index (χ3n) is 2.28. The second-order valence-electron chi connectivity index (χ2n) is 3.64. The lowest BCUT2D eigenvalue weighted by molar-refractivity contribution is 0.411. The van der Waals surface area contributed by atoms with Gasteiger partial charge in [0.1, 0.15) is 5.75 Å². The van der Waals surface area contributed by atoms with Crippen molar-refractivity contribution in [2.24, 2.45) is 0 Å². The third-order valence-corrected chi connectivity index (χ3v) is 3.00. The van der Waals surface area contributed by atoms with Crippen LogP contribution in [-0.2, 0) is 23.1 Å². The van der Waals surface area contributed by atoms with Crippen LogP contribution in [0.1, 0.15) is 18.1 Å². The van der Waals surface area contributed by atoms with E-state index in [-0.39, 0.29) is 0 Å². The highest BCUT2D eigenvalue weighted by Gasteiger charge is 2.06. The van der Waals surface area contributed by atoms with Crippen LogP contribution in [0, 0.1) is 0 Å². The van der Waals surface area contributed by atoms with E-state index in [0.717, 1.165) is 24.4 Å². The van der Waals surface area contributed by atoms with Gasteiger partial charge in [-0.1, -0.05) is 13.0 Å². The molecule has 1 unspecified atom stereocenters. The SMILES string of the molecule is CCNCc1ccc(OC)c(CS(C)=O)c1. The lowest BCUT2D eigenvalue weighted by Gasteiger charge is -2.10. The fraction of sp³-hybridized carbons (Fsp3) is 0.500. The number of rotatable bonds is 6. The molecule has 0 spiro atoms. The van der Waals surface area contributed by atoms with Gasteiger partial charge in [0.2, 0.25) is 0 Å². The minimum absolute atomic E-state index is 0.545. The molecule has 0 aliphatic carbocycles. The lowest BCUT2D eigenvalue weighted by Crippen LogP contribution is -2.12. The van der Waals surface area contributed by atoms with E-state index in [9.17, 15) is 4.21 Å². The predicted molar refractivity (Wildman–Crippen MR) is 68.1 cm³/mol. The van der Waals surface area contributed by atoms with Crippen molar-refractivity contribution in [3.05, 3.63) is 29.3 Å². The average Bonchev–Trinajstić information content (AvgIpc) is 2.26. The Morgan fingerprint density at radius 2 is 2.19 bits per heavy atom. The van der Waals surface area contributed by atoms with Crippen molar-refractivity contribution in [3.63, 3.8) is 0 Å². The maximum Gasteiger partial charge on any atom is 0.123 e. The van der Waals surface area contributed by atoms with Gasteiger partial charge in [0.25, 0.3) is 0 Å². The summed E-state index contributed by atoms with van der Waals surface area (Å²) in [7, 11) is 0.797. The molecule has 0 radical (unpaired) electrons. The standard InChI is InChI=1S/C12H19NO2S/c1-4-13-8-10-5-6-12(15-2)11(7-10)9-16(3)14/h5-7,13H,4,8-9H2,1-3H3. The van der Waals surface area contributed by atoms with Crippen LogP contribution in [0.15, 0.2) is 18.2 Å². The van der Waals surface area contributed by atoms with Crippen LogP contribution in [0.4, 0.5) is 0 Å². The molecule has 0 aliphatic rings. The summed E-state index contributed by atoms with van der Waals surface area (Å²) < 4.78 is 16.5. The first-order chi connectivity index (χ1) is 7.67. The lowest BCUT2D eigenvalue weighted by atomic mass is 10.1. The Kier molecular flexibility index (Phi) is 5.49. The summed E-state index contributed by atoms with van der Waals surface area (Å²) in [6.07, 6.45) is 1.70. The monoisotopic (exact) mass is 241 g/mol. The molecule has 0 heterocycles. The van der Waals surface area contributed by atoms with E-state index in [1.807, 2.05) is 12.1 Å². The van der Waals surface area contributed by atoms with Crippen LogP contribution in [0.5, 0.6) is 5.75 Å². The van der Waals surface area contributed by atoms with Crippen molar-refractivity contribution in [2.75, 3.05) is 19.9 Å². The Labute approximate surface area is 99.7 Å². The largest absolute Gasteiger partial charge is 0.496 e. The van der Waals surface area contributed by atoms with Crippen LogP contribution < -0.4 is 10.1 Å². The van der Waals surface area contributed by atoms with Gasteiger partial charge in [-0.25, -0.2) is 0 Å². The quantitative estimate of drug-likeness (QED) is 0.823. The topological polar surface area (TPSA) is 38.3 Å². The Morgan fingerprint density at radius 1 is 1.44 bits per heavy atom. The van der Waals surface area contributed by atoms with Crippen molar-refractivity contribution >= 4 is 10.8 Å². The highest BCUT2D eigenvalue weighted by atomic mass is 32.2. The molecule has 0 aromatic heterocycles. The maximum absolute atomic E-state index is 11.2. The molecular formula is C12H19NO2S. The molecule has 4 heteroatoms. The van der Waals surface area contributed by atoms with E-state index >= 15 is 0 Å². The van der Waals surface area contributed by atoms with Gasteiger partial charge in [0.15, 0.2) is 0 Å². The molecule has 1 aromatic carbocycles. The molecule has 0 saturated carbocycles. The first-order valence-corrected chi connectivity index (χ1v) is 7.06. The zero-order valence-electron chi connectivity index (χ0n) is 10.1. The van der Waals surface area contributed by atoms with Crippen LogP contribution in [0.25, 0.3) is 0 Å². The van der Waals surface area contributed by atoms with Crippen molar-refractivity contribution < 1.29 is 8.95 Å². The molecule has 3 nitrogen and oxygen atoms in total. The molecule has 0 saturated heterocycles. The molecule has 0 aliphatic heterocycles. The number of ether oxygens (including phenoxy) is 1. The summed E-state index contributed by atoms with van der Waals surface area (Å²) in [6, 6.07) is 6.03. The smallest absolute Gasteiger partial charge is 0.123 e. The first-order valence-electron chi connectivity index (χ1n) is 5.34. The second kappa shape index (κ2) is 6.66. The number of hydrogen-bond donors (Lipinski definition) is 1. The summed E-state index contributed by atoms with van der Waals surface area (Å²) in [5.74, 6) is 1.36. The Hall–Kier alpha value is -0.870. The number of methoxy groups -OCH3 is 1. The molecule has 1 rings (SSSR count). The van der Waals surface area contributed by atoms with Gasteiger partial charge in [0, 0.05) is 29.2 Å². The zero-order chi connectivity index (χ0) is 12.0. The maximum atomic E-state index is 11.2. The normalized spacial score (nSPS) is 12.4. The van der Waals surface area contributed by atoms with E-state index in [1.54, 1.807) is 13.4 Å². The van der Waals surface area contributed by atoms with Crippen LogP contribution in [0.3, 0.4) is 0 Å². The molecule has 0 amide bonds. The minimum atomic E-state index is -0.843. The van der Waals surface area contributed by atoms with Crippen molar-refractivity contribution in [1.82, 2.24) is 5.32 Å². The molecule has 0 bridgehead atoms. The summed E-state index contributed by atoms with van der Waals surface area (Å²) in [4.78, 5) is 0. The van der Waals surface area contributed by atoms with Gasteiger partial charge in [-0.2, -0.15) is 0 Å². The summed E-state index contributed by atoms with van der Waals surface area (Å²) in [5.41, 5.74) is 2.21. The minimum Gasteiger partial charge on any atom is -0.496 e. The Bertz CT molecular complexity index is 366. The van der Waals surface area contributed by atoms with Crippen LogP contribution in [-0.4, -0.2) is 24.1 Å². The fourth-order valence-corrected chi connectivity index (χ4v) is 2.21. The average molecular weight is 241 g/mol. The van der Waals surface area contributed by atoms with Gasteiger partial charge in [0.05, 0.1) is 12.9 Å². The van der Waals surface area contributed by atoms with Gasteiger partial charge in [-0.15, -0.1) is 0 Å². The molecule has 0 fully saturated rings. The summed E-state index contributed by atoms with van der Waals surface area (Å²) >= 11 is 0. The molecule has 1 atom stereocenters. The van der Waals surface area contributed by atoms with Crippen molar-refractivity contribution in [3.8, 4) is 5.75 Å². The summed E-state index contributed by atoms with van der Waals surface area (Å²) in [5, 5.41) is 3.27. The molecule has 16 heavy (non-hydrogen) atoms. The van der Waals surface area contributed by atoms with Crippen LogP contribution >= 0.6 is 0 Å². The van der Waals surface area contributed by atoms with Gasteiger partial charge < -0.3 is 10.1 Å². The predicted octanol–water partition coefficient (Wildman–Crippen LogP) is 1.68. The molecule has 90 valence electrons. The Balaban J connectivity index is 2.87. The molecule has 1 aromatic rings. The van der Waals surface area contributed by atoms with E-state index in [1.165, 1.54) is 5.56 Å². The van der Waals surface area contributed by atoms with Gasteiger partial charge in [-0.3, -0.25) is 4.21 Å². The number of benzene rings is 1. The highest BCUT2D eigenvalue weighted by molar-refractivity contribution is 7.83. The fourth-order valence-electron chi connectivity index (χ4n) is 1.54. The van der Waals surface area contributed by atoms with E-state index in [4.69, 9.17) is 4.74 Å². The van der Waals surface area contributed by atoms with Gasteiger partial charge >= 0.3 is 0 Å². The van der Waals surface area contributed by atoms with Gasteiger partial charge in [-0.05, 0) is 24.2 Å². The second-order valence-corrected chi connectivity index (χ2v) is 5.08. The van der Waals surface area contributed by atoms with Crippen molar-refractivity contribution in [2.45, 2.75) is 19.2 Å². The Morgan fingerprint density at radius 3 is 2.75 bits per heavy atom. The van der Waals surface area contributed by atoms with Crippen molar-refractivity contribution in [1.29, 1.82) is 0 Å². The number of nitrogens with one attached hydrogen (secondary N) is 1. The van der Waals surface area contributed by atoms with E-state index < -0.39 is 10.8 Å².